The van der Waals surface area contributed by atoms with Crippen molar-refractivity contribution in [2.45, 2.75) is 138 Å². The summed E-state index contributed by atoms with van der Waals surface area (Å²) in [5, 5.41) is 0. The number of rotatable bonds is 24. The van der Waals surface area contributed by atoms with Crippen LogP contribution in [0.5, 0.6) is 0 Å². The quantitative estimate of drug-likeness (QED) is 0.134. The molecule has 0 aromatic heterocycles. The zero-order valence-electron chi connectivity index (χ0n) is 22.1. The molecule has 0 aliphatic heterocycles. The smallest absolute Gasteiger partial charge is 0.312 e. The minimum atomic E-state index is -1.21. The van der Waals surface area contributed by atoms with E-state index in [1.165, 1.54) is 77.0 Å². The first-order chi connectivity index (χ1) is 15.1. The second-order valence-corrected chi connectivity index (χ2v) is 10.6. The van der Waals surface area contributed by atoms with Crippen LogP contribution in [-0.4, -0.2) is 19.8 Å². The van der Waals surface area contributed by atoms with Gasteiger partial charge in [-0.25, -0.2) is 0 Å². The SMILES string of the molecule is CCCCC(CC)CCOP(OCCC(CC)CCCC)OCCC(CC)CCCC. The Balaban J connectivity index is 4.47. The van der Waals surface area contributed by atoms with Crippen molar-refractivity contribution in [2.75, 3.05) is 19.8 Å². The monoisotopic (exact) mass is 460 g/mol. The summed E-state index contributed by atoms with van der Waals surface area (Å²) in [6.07, 6.45) is 18.9. The van der Waals surface area contributed by atoms with Crippen LogP contribution in [0.15, 0.2) is 0 Å². The summed E-state index contributed by atoms with van der Waals surface area (Å²) < 4.78 is 18.5. The van der Waals surface area contributed by atoms with E-state index in [-0.39, 0.29) is 0 Å². The second kappa shape index (κ2) is 23.5. The van der Waals surface area contributed by atoms with Gasteiger partial charge in [-0.05, 0) is 37.0 Å². The third kappa shape index (κ3) is 18.4. The Hall–Kier alpha value is 0.310. The molecule has 3 atom stereocenters. The molecule has 0 aromatic rings. The van der Waals surface area contributed by atoms with Crippen molar-refractivity contribution >= 4 is 8.60 Å². The fourth-order valence-electron chi connectivity index (χ4n) is 4.13. The molecule has 0 bridgehead atoms. The van der Waals surface area contributed by atoms with Crippen molar-refractivity contribution in [3.63, 3.8) is 0 Å². The Bertz CT molecular complexity index is 301. The third-order valence-corrected chi connectivity index (χ3v) is 7.98. The lowest BCUT2D eigenvalue weighted by Gasteiger charge is -2.21. The molecule has 0 heterocycles. The predicted molar refractivity (Wildman–Crippen MR) is 139 cm³/mol. The molecule has 31 heavy (non-hydrogen) atoms. The molecule has 3 unspecified atom stereocenters. The van der Waals surface area contributed by atoms with Crippen LogP contribution in [0, 0.1) is 17.8 Å². The maximum Gasteiger partial charge on any atom is 0.332 e. The van der Waals surface area contributed by atoms with Gasteiger partial charge in [0.05, 0.1) is 19.8 Å². The predicted octanol–water partition coefficient (Wildman–Crippen LogP) is 10.1. The van der Waals surface area contributed by atoms with Crippen molar-refractivity contribution in [3.8, 4) is 0 Å². The van der Waals surface area contributed by atoms with Crippen molar-refractivity contribution in [3.05, 3.63) is 0 Å². The van der Waals surface area contributed by atoms with E-state index in [1.54, 1.807) is 0 Å². The molecule has 0 saturated carbocycles. The van der Waals surface area contributed by atoms with Gasteiger partial charge in [0.2, 0.25) is 0 Å². The Morgan fingerprint density at radius 3 is 0.968 bits per heavy atom. The van der Waals surface area contributed by atoms with Gasteiger partial charge in [-0.3, -0.25) is 0 Å². The van der Waals surface area contributed by atoms with Crippen LogP contribution in [0.3, 0.4) is 0 Å². The lowest BCUT2D eigenvalue weighted by Crippen LogP contribution is -2.08. The van der Waals surface area contributed by atoms with Crippen LogP contribution in [-0.2, 0) is 13.6 Å². The highest BCUT2D eigenvalue weighted by atomic mass is 31.2. The molecule has 0 rings (SSSR count). The summed E-state index contributed by atoms with van der Waals surface area (Å²) in [5.74, 6) is 2.32. The van der Waals surface area contributed by atoms with E-state index in [1.807, 2.05) is 0 Å². The standard InChI is InChI=1S/C27H57O3P/c1-7-13-16-25(10-4)19-22-28-31(29-23-20-26(11-5)17-14-8-2)30-24-21-27(12-6)18-15-9-3/h25-27H,7-24H2,1-6H3. The van der Waals surface area contributed by atoms with Gasteiger partial charge in [0, 0.05) is 0 Å². The fourth-order valence-corrected chi connectivity index (χ4v) is 5.12. The second-order valence-electron chi connectivity index (χ2n) is 9.34. The van der Waals surface area contributed by atoms with E-state index in [0.29, 0.717) is 0 Å². The van der Waals surface area contributed by atoms with Gasteiger partial charge < -0.3 is 13.6 Å². The summed E-state index contributed by atoms with van der Waals surface area (Å²) in [6.45, 7) is 16.1. The average Bonchev–Trinajstić information content (AvgIpc) is 2.79. The molecule has 0 aliphatic carbocycles. The van der Waals surface area contributed by atoms with Crippen LogP contribution < -0.4 is 0 Å². The summed E-state index contributed by atoms with van der Waals surface area (Å²) in [6, 6.07) is 0. The van der Waals surface area contributed by atoms with Gasteiger partial charge >= 0.3 is 8.60 Å². The van der Waals surface area contributed by atoms with Crippen molar-refractivity contribution in [1.29, 1.82) is 0 Å². The van der Waals surface area contributed by atoms with E-state index < -0.39 is 8.60 Å². The molecular weight excluding hydrogens is 403 g/mol. The summed E-state index contributed by atoms with van der Waals surface area (Å²) in [5.41, 5.74) is 0. The van der Waals surface area contributed by atoms with E-state index in [2.05, 4.69) is 41.5 Å². The van der Waals surface area contributed by atoms with Crippen LogP contribution in [0.4, 0.5) is 0 Å². The highest BCUT2D eigenvalue weighted by molar-refractivity contribution is 7.41. The minimum absolute atomic E-state index is 0.772. The topological polar surface area (TPSA) is 27.7 Å². The van der Waals surface area contributed by atoms with E-state index in [4.69, 9.17) is 13.6 Å². The number of hydrogen-bond acceptors (Lipinski definition) is 3. The Labute approximate surface area is 197 Å². The van der Waals surface area contributed by atoms with Crippen LogP contribution in [0.2, 0.25) is 0 Å². The Morgan fingerprint density at radius 1 is 0.452 bits per heavy atom. The first-order valence-electron chi connectivity index (χ1n) is 13.8. The molecule has 0 fully saturated rings. The highest BCUT2D eigenvalue weighted by Gasteiger charge is 2.17. The van der Waals surface area contributed by atoms with E-state index in [9.17, 15) is 0 Å². The molecule has 0 amide bonds. The van der Waals surface area contributed by atoms with Gasteiger partial charge in [0.15, 0.2) is 0 Å². The van der Waals surface area contributed by atoms with Crippen LogP contribution in [0.1, 0.15) is 138 Å². The molecule has 0 spiro atoms. The zero-order valence-corrected chi connectivity index (χ0v) is 23.0. The first kappa shape index (κ1) is 31.3. The van der Waals surface area contributed by atoms with Gasteiger partial charge in [0.25, 0.3) is 0 Å². The highest BCUT2D eigenvalue weighted by Crippen LogP contribution is 2.41. The molecular formula is C27H57O3P. The average molecular weight is 461 g/mol. The minimum Gasteiger partial charge on any atom is -0.312 e. The van der Waals surface area contributed by atoms with Crippen molar-refractivity contribution in [1.82, 2.24) is 0 Å². The van der Waals surface area contributed by atoms with Crippen LogP contribution >= 0.6 is 8.60 Å². The van der Waals surface area contributed by atoms with Crippen molar-refractivity contribution in [2.24, 2.45) is 17.8 Å². The Kier molecular flexibility index (Phi) is 23.7. The molecule has 0 N–H and O–H groups in total. The normalized spacial score (nSPS) is 15.7. The van der Waals surface area contributed by atoms with Gasteiger partial charge in [-0.2, -0.15) is 0 Å². The summed E-state index contributed by atoms with van der Waals surface area (Å²) in [7, 11) is -1.21. The van der Waals surface area contributed by atoms with Gasteiger partial charge in [-0.1, -0.05) is 119 Å². The Morgan fingerprint density at radius 2 is 0.742 bits per heavy atom. The lowest BCUT2D eigenvalue weighted by molar-refractivity contribution is 0.138. The molecule has 0 saturated heterocycles. The van der Waals surface area contributed by atoms with Crippen LogP contribution in [0.25, 0.3) is 0 Å². The third-order valence-electron chi connectivity index (χ3n) is 6.80. The molecule has 0 aliphatic rings. The van der Waals surface area contributed by atoms with E-state index in [0.717, 1.165) is 56.8 Å². The van der Waals surface area contributed by atoms with E-state index >= 15 is 0 Å². The lowest BCUT2D eigenvalue weighted by atomic mass is 9.96. The molecule has 0 radical (unpaired) electrons. The zero-order chi connectivity index (χ0) is 23.2. The first-order valence-corrected chi connectivity index (χ1v) is 14.9. The maximum atomic E-state index is 6.17. The largest absolute Gasteiger partial charge is 0.332 e. The van der Waals surface area contributed by atoms with Gasteiger partial charge in [0.1, 0.15) is 0 Å². The molecule has 188 valence electrons. The maximum absolute atomic E-state index is 6.17. The molecule has 3 nitrogen and oxygen atoms in total. The fraction of sp³-hybridized carbons (Fsp3) is 1.00. The number of unbranched alkanes of at least 4 members (excludes halogenated alkanes) is 3. The molecule has 0 aromatic carbocycles. The summed E-state index contributed by atoms with van der Waals surface area (Å²) >= 11 is 0. The summed E-state index contributed by atoms with van der Waals surface area (Å²) in [4.78, 5) is 0. The van der Waals surface area contributed by atoms with Crippen molar-refractivity contribution < 1.29 is 13.6 Å². The number of hydrogen-bond donors (Lipinski definition) is 0. The molecule has 4 heteroatoms. The van der Waals surface area contributed by atoms with Gasteiger partial charge in [-0.15, -0.1) is 0 Å².